The standard InChI is InChI=1S/C19H17BrFN3O2S/c1-2-8-24-18(26)15-9-12(20)6-7-16(15)23-19(24)27-11-17(25)22-14-5-3-4-13(21)10-14/h3-7,9-10H,2,8,11H2,1H3,(H,22,25). The Bertz CT molecular complexity index is 1050. The fourth-order valence-electron chi connectivity index (χ4n) is 2.60. The van der Waals surface area contributed by atoms with E-state index in [2.05, 4.69) is 26.2 Å². The molecule has 1 aromatic heterocycles. The zero-order valence-electron chi connectivity index (χ0n) is 14.5. The van der Waals surface area contributed by atoms with Gasteiger partial charge >= 0.3 is 0 Å². The maximum atomic E-state index is 13.2. The number of hydrogen-bond donors (Lipinski definition) is 1. The van der Waals surface area contributed by atoms with Gasteiger partial charge in [-0.05, 0) is 42.8 Å². The fraction of sp³-hybridized carbons (Fsp3) is 0.211. The van der Waals surface area contributed by atoms with Crippen molar-refractivity contribution >= 4 is 50.2 Å². The van der Waals surface area contributed by atoms with Gasteiger partial charge in [-0.15, -0.1) is 0 Å². The Morgan fingerprint density at radius 1 is 1.30 bits per heavy atom. The highest BCUT2D eigenvalue weighted by Crippen LogP contribution is 2.21. The first-order valence-electron chi connectivity index (χ1n) is 8.36. The minimum absolute atomic E-state index is 0.0642. The Balaban J connectivity index is 1.83. The smallest absolute Gasteiger partial charge is 0.262 e. The summed E-state index contributed by atoms with van der Waals surface area (Å²) in [5, 5.41) is 3.67. The van der Waals surface area contributed by atoms with Gasteiger partial charge in [0.25, 0.3) is 5.56 Å². The summed E-state index contributed by atoms with van der Waals surface area (Å²) >= 11 is 4.56. The van der Waals surface area contributed by atoms with Crippen LogP contribution in [0, 0.1) is 5.82 Å². The summed E-state index contributed by atoms with van der Waals surface area (Å²) in [6.07, 6.45) is 0.768. The van der Waals surface area contributed by atoms with Crippen molar-refractivity contribution in [3.8, 4) is 0 Å². The van der Waals surface area contributed by atoms with E-state index < -0.39 is 5.82 Å². The third-order valence-electron chi connectivity index (χ3n) is 3.77. The first-order chi connectivity index (χ1) is 13.0. The van der Waals surface area contributed by atoms with Crippen LogP contribution in [0.4, 0.5) is 10.1 Å². The number of anilines is 1. The van der Waals surface area contributed by atoms with Crippen LogP contribution in [-0.4, -0.2) is 21.2 Å². The summed E-state index contributed by atoms with van der Waals surface area (Å²) in [4.78, 5) is 29.5. The molecule has 1 heterocycles. The van der Waals surface area contributed by atoms with Crippen LogP contribution in [0.25, 0.3) is 10.9 Å². The van der Waals surface area contributed by atoms with Gasteiger partial charge in [0.1, 0.15) is 5.82 Å². The number of carbonyl (C=O) groups is 1. The second kappa shape index (κ2) is 8.67. The monoisotopic (exact) mass is 449 g/mol. The first kappa shape index (κ1) is 19.6. The molecule has 27 heavy (non-hydrogen) atoms. The molecule has 0 unspecified atom stereocenters. The number of fused-ring (bicyclic) bond motifs is 1. The van der Waals surface area contributed by atoms with Gasteiger partial charge in [-0.2, -0.15) is 0 Å². The zero-order chi connectivity index (χ0) is 19.4. The predicted molar refractivity (Wildman–Crippen MR) is 110 cm³/mol. The lowest BCUT2D eigenvalue weighted by Crippen LogP contribution is -2.24. The quantitative estimate of drug-likeness (QED) is 0.446. The lowest BCUT2D eigenvalue weighted by Gasteiger charge is -2.12. The van der Waals surface area contributed by atoms with Crippen molar-refractivity contribution in [2.24, 2.45) is 0 Å². The molecule has 0 aliphatic rings. The minimum atomic E-state index is -0.417. The van der Waals surface area contributed by atoms with Crippen LogP contribution in [0.15, 0.2) is 56.9 Å². The van der Waals surface area contributed by atoms with Crippen molar-refractivity contribution in [3.05, 3.63) is 63.1 Å². The number of nitrogens with zero attached hydrogens (tertiary/aromatic N) is 2. The average molecular weight is 450 g/mol. The number of amides is 1. The van der Waals surface area contributed by atoms with Gasteiger partial charge in [-0.1, -0.05) is 40.7 Å². The summed E-state index contributed by atoms with van der Waals surface area (Å²) in [6, 6.07) is 11.1. The number of rotatable bonds is 6. The lowest BCUT2D eigenvalue weighted by molar-refractivity contribution is -0.113. The van der Waals surface area contributed by atoms with Crippen molar-refractivity contribution in [2.45, 2.75) is 25.0 Å². The van der Waals surface area contributed by atoms with E-state index in [1.807, 2.05) is 13.0 Å². The molecule has 0 spiro atoms. The number of thioether (sulfide) groups is 1. The Morgan fingerprint density at radius 3 is 2.85 bits per heavy atom. The Kier molecular flexibility index (Phi) is 6.28. The molecule has 8 heteroatoms. The van der Waals surface area contributed by atoms with E-state index in [1.165, 1.54) is 30.0 Å². The molecule has 5 nitrogen and oxygen atoms in total. The second-order valence-corrected chi connectivity index (χ2v) is 7.72. The van der Waals surface area contributed by atoms with Crippen LogP contribution < -0.4 is 10.9 Å². The van der Waals surface area contributed by atoms with Crippen molar-refractivity contribution in [1.82, 2.24) is 9.55 Å². The predicted octanol–water partition coefficient (Wildman–Crippen LogP) is 4.44. The zero-order valence-corrected chi connectivity index (χ0v) is 16.9. The molecule has 0 aliphatic carbocycles. The highest BCUT2D eigenvalue weighted by Gasteiger charge is 2.13. The van der Waals surface area contributed by atoms with E-state index >= 15 is 0 Å². The first-order valence-corrected chi connectivity index (χ1v) is 10.1. The summed E-state index contributed by atoms with van der Waals surface area (Å²) in [5.41, 5.74) is 0.850. The molecule has 3 rings (SSSR count). The number of nitrogens with one attached hydrogen (secondary N) is 1. The largest absolute Gasteiger partial charge is 0.325 e. The van der Waals surface area contributed by atoms with Gasteiger partial charge in [0.2, 0.25) is 5.91 Å². The van der Waals surface area contributed by atoms with E-state index in [0.717, 1.165) is 10.9 Å². The molecule has 1 N–H and O–H groups in total. The molecule has 0 fully saturated rings. The molecule has 3 aromatic rings. The van der Waals surface area contributed by atoms with Crippen LogP contribution in [-0.2, 0) is 11.3 Å². The molecular weight excluding hydrogens is 433 g/mol. The number of carbonyl (C=O) groups excluding carboxylic acids is 1. The molecule has 0 radical (unpaired) electrons. The third kappa shape index (κ3) is 4.75. The van der Waals surface area contributed by atoms with Crippen LogP contribution in [0.5, 0.6) is 0 Å². The van der Waals surface area contributed by atoms with Gasteiger partial charge in [0, 0.05) is 16.7 Å². The molecular formula is C19H17BrFN3O2S. The van der Waals surface area contributed by atoms with Crippen LogP contribution in [0.2, 0.25) is 0 Å². The van der Waals surface area contributed by atoms with Crippen LogP contribution in [0.1, 0.15) is 13.3 Å². The van der Waals surface area contributed by atoms with Crippen LogP contribution >= 0.6 is 27.7 Å². The van der Waals surface area contributed by atoms with Crippen molar-refractivity contribution in [3.63, 3.8) is 0 Å². The minimum Gasteiger partial charge on any atom is -0.325 e. The molecule has 2 aromatic carbocycles. The lowest BCUT2D eigenvalue weighted by atomic mass is 10.2. The summed E-state index contributed by atoms with van der Waals surface area (Å²) < 4.78 is 15.6. The molecule has 140 valence electrons. The van der Waals surface area contributed by atoms with Gasteiger partial charge in [-0.25, -0.2) is 9.37 Å². The van der Waals surface area contributed by atoms with Gasteiger partial charge < -0.3 is 5.32 Å². The highest BCUT2D eigenvalue weighted by molar-refractivity contribution is 9.10. The Hall–Kier alpha value is -2.19. The molecule has 1 amide bonds. The SMILES string of the molecule is CCCn1c(SCC(=O)Nc2cccc(F)c2)nc2ccc(Br)cc2c1=O. The van der Waals surface area contributed by atoms with Crippen molar-refractivity contribution in [2.75, 3.05) is 11.1 Å². The Labute approximate surface area is 168 Å². The average Bonchev–Trinajstić information content (AvgIpc) is 2.63. The fourth-order valence-corrected chi connectivity index (χ4v) is 3.78. The number of hydrogen-bond acceptors (Lipinski definition) is 4. The third-order valence-corrected chi connectivity index (χ3v) is 5.24. The van der Waals surface area contributed by atoms with E-state index in [1.54, 1.807) is 22.8 Å². The van der Waals surface area contributed by atoms with Gasteiger partial charge in [-0.3, -0.25) is 14.2 Å². The Morgan fingerprint density at radius 2 is 2.11 bits per heavy atom. The van der Waals surface area contributed by atoms with Gasteiger partial charge in [0.15, 0.2) is 5.16 Å². The molecule has 0 saturated carbocycles. The van der Waals surface area contributed by atoms with Crippen LogP contribution in [0.3, 0.4) is 0 Å². The topological polar surface area (TPSA) is 64.0 Å². The summed E-state index contributed by atoms with van der Waals surface area (Å²) in [6.45, 7) is 2.49. The van der Waals surface area contributed by atoms with E-state index in [0.29, 0.717) is 28.3 Å². The summed E-state index contributed by atoms with van der Waals surface area (Å²) in [7, 11) is 0. The molecule has 0 bridgehead atoms. The van der Waals surface area contributed by atoms with E-state index in [-0.39, 0.29) is 17.2 Å². The summed E-state index contributed by atoms with van der Waals surface area (Å²) in [5.74, 6) is -0.646. The van der Waals surface area contributed by atoms with E-state index in [9.17, 15) is 14.0 Å². The molecule has 0 atom stereocenters. The number of halogens is 2. The highest BCUT2D eigenvalue weighted by atomic mass is 79.9. The van der Waals surface area contributed by atoms with Crippen molar-refractivity contribution in [1.29, 1.82) is 0 Å². The van der Waals surface area contributed by atoms with E-state index in [4.69, 9.17) is 0 Å². The molecule has 0 saturated heterocycles. The number of benzene rings is 2. The normalized spacial score (nSPS) is 10.9. The maximum absolute atomic E-state index is 13.2. The maximum Gasteiger partial charge on any atom is 0.262 e. The molecule has 0 aliphatic heterocycles. The van der Waals surface area contributed by atoms with Crippen molar-refractivity contribution < 1.29 is 9.18 Å². The second-order valence-electron chi connectivity index (χ2n) is 5.86. The van der Waals surface area contributed by atoms with Gasteiger partial charge in [0.05, 0.1) is 16.7 Å². The number of aromatic nitrogens is 2.